The van der Waals surface area contributed by atoms with Crippen LogP contribution in [0.25, 0.3) is 100 Å². The summed E-state index contributed by atoms with van der Waals surface area (Å²) in [5, 5.41) is 4.75. The highest BCUT2D eigenvalue weighted by atomic mass is 16.3. The van der Waals surface area contributed by atoms with Crippen LogP contribution in [0.1, 0.15) is 17.0 Å². The van der Waals surface area contributed by atoms with Crippen molar-refractivity contribution >= 4 is 66.9 Å². The molecule has 0 spiro atoms. The number of rotatable bonds is 8. The Morgan fingerprint density at radius 2 is 0.972 bits per heavy atom. The van der Waals surface area contributed by atoms with E-state index in [0.717, 1.165) is 61.4 Å². The molecule has 0 aliphatic heterocycles. The first-order chi connectivity index (χ1) is 35.2. The fraction of sp³-hybridized carbons (Fsp3) is 0.0294. The maximum Gasteiger partial charge on any atom is 0.143 e. The van der Waals surface area contributed by atoms with Crippen LogP contribution in [0.3, 0.4) is 0 Å². The molecule has 2 heterocycles. The van der Waals surface area contributed by atoms with Crippen molar-refractivity contribution in [2.45, 2.75) is 5.92 Å². The van der Waals surface area contributed by atoms with Gasteiger partial charge >= 0.3 is 0 Å². The Bertz CT molecular complexity index is 4090. The quantitative estimate of drug-likeness (QED) is 0.151. The summed E-state index contributed by atoms with van der Waals surface area (Å²) in [6, 6.07) is 83.9. The van der Waals surface area contributed by atoms with E-state index in [4.69, 9.17) is 4.42 Å². The van der Waals surface area contributed by atoms with Gasteiger partial charge in [-0.3, -0.25) is 0 Å². The van der Waals surface area contributed by atoms with Crippen LogP contribution in [-0.2, 0) is 0 Å². The Morgan fingerprint density at radius 1 is 0.380 bits per heavy atom. The lowest BCUT2D eigenvalue weighted by Crippen LogP contribution is -2.13. The summed E-state index contributed by atoms with van der Waals surface area (Å²) in [5.41, 5.74) is 20.4. The number of furan rings is 1. The molecule has 3 heteroatoms. The molecule has 3 nitrogen and oxygen atoms in total. The Balaban J connectivity index is 0.887. The zero-order chi connectivity index (χ0) is 46.8. The number of hydrogen-bond donors (Lipinski definition) is 0. The van der Waals surface area contributed by atoms with Crippen molar-refractivity contribution in [2.75, 3.05) is 4.90 Å². The van der Waals surface area contributed by atoms with Crippen molar-refractivity contribution in [3.63, 3.8) is 0 Å². The smallest absolute Gasteiger partial charge is 0.143 e. The van der Waals surface area contributed by atoms with E-state index in [0.29, 0.717) is 11.8 Å². The number of hydrogen-bond acceptors (Lipinski definition) is 2. The second-order valence-corrected chi connectivity index (χ2v) is 18.8. The molecule has 0 radical (unpaired) electrons. The van der Waals surface area contributed by atoms with Crippen LogP contribution in [0, 0.1) is 5.92 Å². The topological polar surface area (TPSA) is 21.3 Å². The van der Waals surface area contributed by atoms with E-state index < -0.39 is 0 Å². The molecular weight excluding hydrogens is 861 g/mol. The molecule has 71 heavy (non-hydrogen) atoms. The zero-order valence-electron chi connectivity index (χ0n) is 38.9. The highest BCUT2D eigenvalue weighted by molar-refractivity contribution is 6.11. The van der Waals surface area contributed by atoms with Crippen LogP contribution >= 0.6 is 0 Å². The van der Waals surface area contributed by atoms with Crippen molar-refractivity contribution in [2.24, 2.45) is 5.92 Å². The molecule has 0 amide bonds. The van der Waals surface area contributed by atoms with Gasteiger partial charge in [-0.2, -0.15) is 0 Å². The highest BCUT2D eigenvalue weighted by Crippen LogP contribution is 2.45. The molecule has 12 aromatic rings. The van der Waals surface area contributed by atoms with E-state index in [2.05, 4.69) is 270 Å². The standard InChI is InChI=1S/C68H46N2O/c1-2-21-54-45(16-1)34-35-50-42-48(38-41-56(50)54)47-17-13-19-52(43-47)69(53-20-14-18-49(44-53)57-28-15-29-63-62-27-8-12-33-67(62)71-68(57)63)51-39-36-46(37-40-51)55-22-3-4-23-58(55)59-24-5-9-30-64(59)70-65-31-10-6-25-60(65)61-26-7-11-32-66(61)70/h1-45,54H. The number of aromatic nitrogens is 1. The lowest BCUT2D eigenvalue weighted by Gasteiger charge is -2.28. The van der Waals surface area contributed by atoms with Crippen molar-refractivity contribution in [3.8, 4) is 50.2 Å². The Labute approximate surface area is 412 Å². The largest absolute Gasteiger partial charge is 0.455 e. The minimum atomic E-state index is 0.373. The van der Waals surface area contributed by atoms with E-state index in [1.54, 1.807) is 0 Å². The third kappa shape index (κ3) is 6.89. The fourth-order valence-corrected chi connectivity index (χ4v) is 11.4. The number of fused-ring (bicyclic) bond motifs is 9. The summed E-state index contributed by atoms with van der Waals surface area (Å²) in [5.74, 6) is 0.782. The predicted molar refractivity (Wildman–Crippen MR) is 298 cm³/mol. The van der Waals surface area contributed by atoms with Crippen LogP contribution in [0.5, 0.6) is 0 Å². The van der Waals surface area contributed by atoms with Crippen molar-refractivity contribution < 1.29 is 4.42 Å². The molecule has 0 bridgehead atoms. The first-order valence-corrected chi connectivity index (χ1v) is 24.6. The Morgan fingerprint density at radius 3 is 1.77 bits per heavy atom. The molecule has 0 N–H and O–H groups in total. The summed E-state index contributed by atoms with van der Waals surface area (Å²) >= 11 is 0. The SMILES string of the molecule is C1=CC2C=Cc3cc(-c4cccc(N(c5ccc(-c6ccccc6-c6ccccc6-n6c7ccccc7c7ccccc76)cc5)c5cccc(-c6cccc7c6oc6ccccc67)c5)c4)ccc3C2C=C1. The minimum absolute atomic E-state index is 0.373. The van der Waals surface area contributed by atoms with E-state index in [-0.39, 0.29) is 0 Å². The highest BCUT2D eigenvalue weighted by Gasteiger charge is 2.25. The average Bonchev–Trinajstić information content (AvgIpc) is 3.99. The van der Waals surface area contributed by atoms with Crippen LogP contribution < -0.4 is 4.90 Å². The van der Waals surface area contributed by atoms with Crippen LogP contribution in [0.15, 0.2) is 265 Å². The summed E-state index contributed by atoms with van der Waals surface area (Å²) in [6.07, 6.45) is 13.6. The van der Waals surface area contributed by atoms with Crippen LogP contribution in [0.2, 0.25) is 0 Å². The third-order valence-corrected chi connectivity index (χ3v) is 14.8. The molecule has 0 fully saturated rings. The predicted octanol–water partition coefficient (Wildman–Crippen LogP) is 18.7. The summed E-state index contributed by atoms with van der Waals surface area (Å²) in [7, 11) is 0. The van der Waals surface area contributed by atoms with Gasteiger partial charge in [0.25, 0.3) is 0 Å². The summed E-state index contributed by atoms with van der Waals surface area (Å²) in [6.45, 7) is 0. The second kappa shape index (κ2) is 16.8. The molecule has 2 atom stereocenters. The Hall–Kier alpha value is -9.18. The maximum atomic E-state index is 6.58. The van der Waals surface area contributed by atoms with Gasteiger partial charge in [0.15, 0.2) is 0 Å². The maximum absolute atomic E-state index is 6.58. The molecule has 334 valence electrons. The minimum Gasteiger partial charge on any atom is -0.455 e. The number of benzene rings is 10. The van der Waals surface area contributed by atoms with Crippen molar-refractivity contribution in [1.82, 2.24) is 4.57 Å². The van der Waals surface area contributed by atoms with Gasteiger partial charge in [-0.25, -0.2) is 0 Å². The van der Waals surface area contributed by atoms with E-state index in [9.17, 15) is 0 Å². The molecule has 0 saturated carbocycles. The van der Waals surface area contributed by atoms with Gasteiger partial charge < -0.3 is 13.9 Å². The molecule has 0 saturated heterocycles. The van der Waals surface area contributed by atoms with Gasteiger partial charge in [0.2, 0.25) is 0 Å². The lowest BCUT2D eigenvalue weighted by atomic mass is 9.76. The molecule has 2 unspecified atom stereocenters. The first kappa shape index (κ1) is 40.8. The molecule has 10 aromatic carbocycles. The zero-order valence-corrected chi connectivity index (χ0v) is 38.9. The number of para-hydroxylation sites is 5. The summed E-state index contributed by atoms with van der Waals surface area (Å²) < 4.78 is 9.00. The van der Waals surface area contributed by atoms with Gasteiger partial charge in [0.05, 0.1) is 16.7 Å². The third-order valence-electron chi connectivity index (χ3n) is 14.8. The number of anilines is 3. The molecule has 2 aliphatic rings. The van der Waals surface area contributed by atoms with Crippen molar-refractivity contribution in [3.05, 3.63) is 272 Å². The van der Waals surface area contributed by atoms with Crippen molar-refractivity contribution in [1.29, 1.82) is 0 Å². The van der Waals surface area contributed by atoms with Gasteiger partial charge in [-0.1, -0.05) is 200 Å². The normalized spacial score (nSPS) is 14.9. The monoisotopic (exact) mass is 906 g/mol. The molecule has 2 aromatic heterocycles. The number of nitrogens with zero attached hydrogens (tertiary/aromatic N) is 2. The molecule has 14 rings (SSSR count). The van der Waals surface area contributed by atoms with Gasteiger partial charge in [-0.05, 0) is 111 Å². The fourth-order valence-electron chi connectivity index (χ4n) is 11.4. The van der Waals surface area contributed by atoms with Gasteiger partial charge in [0.1, 0.15) is 11.2 Å². The molecule has 2 aliphatic carbocycles. The van der Waals surface area contributed by atoms with E-state index in [1.165, 1.54) is 60.8 Å². The average molecular weight is 907 g/mol. The second-order valence-electron chi connectivity index (χ2n) is 18.8. The van der Waals surface area contributed by atoms with Crippen LogP contribution in [-0.4, -0.2) is 4.57 Å². The number of allylic oxidation sites excluding steroid dienone is 5. The van der Waals surface area contributed by atoms with E-state index >= 15 is 0 Å². The lowest BCUT2D eigenvalue weighted by molar-refractivity contribution is 0.670. The van der Waals surface area contributed by atoms with E-state index in [1.807, 2.05) is 6.07 Å². The van der Waals surface area contributed by atoms with Gasteiger partial charge in [0, 0.05) is 61.6 Å². The first-order valence-electron chi connectivity index (χ1n) is 24.6. The molecular formula is C68H46N2O. The van der Waals surface area contributed by atoms with Gasteiger partial charge in [-0.15, -0.1) is 0 Å². The van der Waals surface area contributed by atoms with Crippen LogP contribution in [0.4, 0.5) is 17.1 Å². The Kier molecular flexibility index (Phi) is 9.67. The summed E-state index contributed by atoms with van der Waals surface area (Å²) in [4.78, 5) is 2.39.